The van der Waals surface area contributed by atoms with Crippen LogP contribution in [0.25, 0.3) is 0 Å². The summed E-state index contributed by atoms with van der Waals surface area (Å²) in [7, 11) is 0. The molecule has 0 spiro atoms. The molecule has 184 valence electrons. The summed E-state index contributed by atoms with van der Waals surface area (Å²) in [4.78, 5) is 23.4. The first-order valence-electron chi connectivity index (χ1n) is 13.2. The fraction of sp³-hybridized carbons (Fsp3) is 0.923. The van der Waals surface area contributed by atoms with Crippen molar-refractivity contribution in [2.45, 2.75) is 142 Å². The molecule has 31 heavy (non-hydrogen) atoms. The molecule has 0 aromatic heterocycles. The number of carbonyl (C=O) groups excluding carboxylic acids is 2. The average molecular weight is 442 g/mol. The molecule has 0 saturated heterocycles. The molecule has 0 aromatic carbocycles. The second kappa shape index (κ2) is 23.4. The zero-order valence-electron chi connectivity index (χ0n) is 20.9. The minimum atomic E-state index is -0.671. The first-order valence-corrected chi connectivity index (χ1v) is 13.2. The lowest BCUT2D eigenvalue weighted by atomic mass is 10.0. The van der Waals surface area contributed by atoms with E-state index in [-0.39, 0.29) is 0 Å². The number of ether oxygens (including phenoxy) is 2. The molecule has 0 aliphatic rings. The van der Waals surface area contributed by atoms with Gasteiger partial charge < -0.3 is 14.8 Å². The van der Waals surface area contributed by atoms with Gasteiger partial charge in [-0.25, -0.2) is 9.59 Å². The van der Waals surface area contributed by atoms with Gasteiger partial charge in [0, 0.05) is 0 Å². The van der Waals surface area contributed by atoms with Crippen LogP contribution in [0.3, 0.4) is 0 Å². The average Bonchev–Trinajstić information content (AvgIpc) is 2.75. The molecule has 0 bridgehead atoms. The lowest BCUT2D eigenvalue weighted by Crippen LogP contribution is -2.40. The molecule has 0 saturated carbocycles. The summed E-state index contributed by atoms with van der Waals surface area (Å²) in [6, 6.07) is -0.671. The van der Waals surface area contributed by atoms with Crippen LogP contribution >= 0.6 is 0 Å². The van der Waals surface area contributed by atoms with E-state index in [4.69, 9.17) is 9.47 Å². The molecular weight excluding hydrogens is 390 g/mol. The van der Waals surface area contributed by atoms with Gasteiger partial charge in [0.05, 0.1) is 13.2 Å². The molecule has 1 unspecified atom stereocenters. The predicted octanol–water partition coefficient (Wildman–Crippen LogP) is 7.71. The van der Waals surface area contributed by atoms with Crippen molar-refractivity contribution in [3.63, 3.8) is 0 Å². The van der Waals surface area contributed by atoms with E-state index in [9.17, 15) is 9.59 Å². The van der Waals surface area contributed by atoms with Crippen LogP contribution in [0.15, 0.2) is 0 Å². The van der Waals surface area contributed by atoms with Crippen molar-refractivity contribution >= 4 is 12.1 Å². The highest BCUT2D eigenvalue weighted by atomic mass is 16.6. The Morgan fingerprint density at radius 3 is 1.42 bits per heavy atom. The number of rotatable bonds is 22. The van der Waals surface area contributed by atoms with E-state index in [1.165, 1.54) is 89.9 Å². The molecule has 1 atom stereocenters. The van der Waals surface area contributed by atoms with E-state index in [2.05, 4.69) is 12.2 Å². The van der Waals surface area contributed by atoms with Crippen LogP contribution in [0.2, 0.25) is 0 Å². The maximum absolute atomic E-state index is 11.9. The quantitative estimate of drug-likeness (QED) is 0.138. The summed E-state index contributed by atoms with van der Waals surface area (Å²) in [6.45, 7) is 6.73. The third kappa shape index (κ3) is 21.7. The molecular formula is C26H51NO4. The van der Waals surface area contributed by atoms with Crippen molar-refractivity contribution in [3.8, 4) is 0 Å². The fourth-order valence-corrected chi connectivity index (χ4v) is 3.53. The number of nitrogens with one attached hydrogen (secondary N) is 1. The van der Waals surface area contributed by atoms with Crippen LogP contribution in [0.5, 0.6) is 0 Å². The molecule has 0 fully saturated rings. The Bertz CT molecular complexity index is 414. The summed E-state index contributed by atoms with van der Waals surface area (Å²) in [6.07, 6.45) is 22.4. The van der Waals surface area contributed by atoms with Crippen LogP contribution in [-0.2, 0) is 14.3 Å². The van der Waals surface area contributed by atoms with Crippen molar-refractivity contribution in [1.29, 1.82) is 0 Å². The Kier molecular flexibility index (Phi) is 22.5. The Hall–Kier alpha value is -1.26. The molecule has 0 radical (unpaired) electrons. The van der Waals surface area contributed by atoms with Crippen molar-refractivity contribution in [1.82, 2.24) is 5.32 Å². The molecule has 0 aliphatic carbocycles. The first kappa shape index (κ1) is 29.7. The van der Waals surface area contributed by atoms with Crippen molar-refractivity contribution < 1.29 is 19.1 Å². The van der Waals surface area contributed by atoms with Gasteiger partial charge in [0.15, 0.2) is 0 Å². The fourth-order valence-electron chi connectivity index (χ4n) is 3.53. The lowest BCUT2D eigenvalue weighted by molar-refractivity contribution is -0.145. The third-order valence-corrected chi connectivity index (χ3v) is 5.66. The minimum absolute atomic E-state index is 0.378. The largest absolute Gasteiger partial charge is 0.464 e. The molecule has 5 heteroatoms. The van der Waals surface area contributed by atoms with Gasteiger partial charge in [0.25, 0.3) is 0 Å². The van der Waals surface area contributed by atoms with Gasteiger partial charge in [-0.15, -0.1) is 0 Å². The molecule has 1 amide bonds. The van der Waals surface area contributed by atoms with Crippen LogP contribution in [-0.4, -0.2) is 31.3 Å². The highest BCUT2D eigenvalue weighted by Gasteiger charge is 2.17. The highest BCUT2D eigenvalue weighted by Crippen LogP contribution is 2.13. The zero-order chi connectivity index (χ0) is 23.0. The topological polar surface area (TPSA) is 64.6 Å². The van der Waals surface area contributed by atoms with Crippen LogP contribution in [0, 0.1) is 0 Å². The van der Waals surface area contributed by atoms with Gasteiger partial charge in [0.1, 0.15) is 6.04 Å². The zero-order valence-corrected chi connectivity index (χ0v) is 20.9. The first-order chi connectivity index (χ1) is 15.1. The lowest BCUT2D eigenvalue weighted by Gasteiger charge is -2.13. The predicted molar refractivity (Wildman–Crippen MR) is 129 cm³/mol. The highest BCUT2D eigenvalue weighted by molar-refractivity contribution is 5.80. The van der Waals surface area contributed by atoms with Gasteiger partial charge in [-0.2, -0.15) is 0 Å². The standard InChI is InChI=1S/C26H51NO4/c1-4-6-8-9-10-11-12-13-14-15-16-17-18-19-20-21-23-30-25(28)24(3)27-26(29)31-22-7-5-2/h24H,4-23H2,1-3H3,(H,27,29). The smallest absolute Gasteiger partial charge is 0.407 e. The summed E-state index contributed by atoms with van der Waals surface area (Å²) >= 11 is 0. The van der Waals surface area contributed by atoms with Gasteiger partial charge in [-0.3, -0.25) is 0 Å². The summed E-state index contributed by atoms with van der Waals surface area (Å²) < 4.78 is 10.2. The molecule has 0 rings (SSSR count). The van der Waals surface area contributed by atoms with Crippen LogP contribution in [0.1, 0.15) is 136 Å². The second-order valence-electron chi connectivity index (χ2n) is 8.83. The van der Waals surface area contributed by atoms with Gasteiger partial charge in [-0.05, 0) is 19.8 Å². The maximum atomic E-state index is 11.9. The van der Waals surface area contributed by atoms with Crippen molar-refractivity contribution in [2.75, 3.05) is 13.2 Å². The van der Waals surface area contributed by atoms with Gasteiger partial charge >= 0.3 is 12.1 Å². The van der Waals surface area contributed by atoms with Crippen LogP contribution in [0.4, 0.5) is 4.79 Å². The molecule has 0 aromatic rings. The van der Waals surface area contributed by atoms with E-state index in [1.807, 2.05) is 6.92 Å². The Morgan fingerprint density at radius 2 is 0.968 bits per heavy atom. The summed E-state index contributed by atoms with van der Waals surface area (Å²) in [5, 5.41) is 2.51. The Balaban J connectivity index is 3.33. The normalized spacial score (nSPS) is 11.8. The van der Waals surface area contributed by atoms with Crippen LogP contribution < -0.4 is 5.32 Å². The number of esters is 1. The van der Waals surface area contributed by atoms with Crippen molar-refractivity contribution in [2.24, 2.45) is 0 Å². The number of hydrogen-bond donors (Lipinski definition) is 1. The summed E-state index contributed by atoms with van der Waals surface area (Å²) in [5.41, 5.74) is 0. The monoisotopic (exact) mass is 441 g/mol. The number of amides is 1. The van der Waals surface area contributed by atoms with E-state index in [1.54, 1.807) is 6.92 Å². The number of carbonyl (C=O) groups is 2. The Labute approximate surface area is 192 Å². The number of unbranched alkanes of at least 4 members (excludes halogenated alkanes) is 16. The summed E-state index contributed by atoms with van der Waals surface area (Å²) in [5.74, 6) is -0.395. The third-order valence-electron chi connectivity index (χ3n) is 5.66. The second-order valence-corrected chi connectivity index (χ2v) is 8.83. The van der Waals surface area contributed by atoms with E-state index in [0.717, 1.165) is 25.7 Å². The molecule has 1 N–H and O–H groups in total. The molecule has 0 aliphatic heterocycles. The van der Waals surface area contributed by atoms with E-state index >= 15 is 0 Å². The minimum Gasteiger partial charge on any atom is -0.464 e. The Morgan fingerprint density at radius 1 is 0.581 bits per heavy atom. The maximum Gasteiger partial charge on any atom is 0.407 e. The molecule has 0 heterocycles. The number of hydrogen-bond acceptors (Lipinski definition) is 4. The van der Waals surface area contributed by atoms with E-state index < -0.39 is 18.1 Å². The SMILES string of the molecule is CCCCCCCCCCCCCCCCCCOC(=O)C(C)NC(=O)OCCCC. The number of alkyl carbamates (subject to hydrolysis) is 1. The van der Waals surface area contributed by atoms with Gasteiger partial charge in [0.2, 0.25) is 0 Å². The van der Waals surface area contributed by atoms with E-state index in [0.29, 0.717) is 13.2 Å². The van der Waals surface area contributed by atoms with Crippen molar-refractivity contribution in [3.05, 3.63) is 0 Å². The van der Waals surface area contributed by atoms with Gasteiger partial charge in [-0.1, -0.05) is 117 Å². The molecule has 5 nitrogen and oxygen atoms in total.